The van der Waals surface area contributed by atoms with Crippen molar-refractivity contribution >= 4 is 11.6 Å². The van der Waals surface area contributed by atoms with E-state index < -0.39 is 0 Å². The van der Waals surface area contributed by atoms with Crippen LogP contribution < -0.4 is 0 Å². The molecule has 0 aliphatic rings. The average Bonchev–Trinajstić information content (AvgIpc) is 2.49. The first-order valence-corrected chi connectivity index (χ1v) is 6.74. The molecule has 0 saturated carbocycles. The maximum absolute atomic E-state index is 13.1. The van der Waals surface area contributed by atoms with Crippen molar-refractivity contribution in [1.29, 1.82) is 0 Å². The fourth-order valence-electron chi connectivity index (χ4n) is 2.02. The molecule has 0 saturated heterocycles. The summed E-state index contributed by atoms with van der Waals surface area (Å²) in [4.78, 5) is 4.46. The normalized spacial score (nSPS) is 10.6. The number of nitrogens with zero attached hydrogens (tertiary/aromatic N) is 3. The number of aryl methyl sites for hydroxylation is 1. The number of hydrogen-bond acceptors (Lipinski definition) is 3. The van der Waals surface area contributed by atoms with E-state index in [0.29, 0.717) is 22.2 Å². The lowest BCUT2D eigenvalue weighted by atomic mass is 10.0. The number of aromatic nitrogens is 3. The Balaban J connectivity index is 2.17. The number of rotatable bonds is 2. The van der Waals surface area contributed by atoms with Crippen molar-refractivity contribution < 1.29 is 4.39 Å². The number of benzene rings is 2. The molecule has 0 atom stereocenters. The van der Waals surface area contributed by atoms with E-state index in [2.05, 4.69) is 15.2 Å². The molecule has 0 amide bonds. The Kier molecular flexibility index (Phi) is 3.62. The molecule has 0 aliphatic heterocycles. The van der Waals surface area contributed by atoms with Gasteiger partial charge in [0.15, 0.2) is 0 Å². The second-order valence-electron chi connectivity index (χ2n) is 4.57. The Morgan fingerprint density at radius 1 is 0.810 bits per heavy atom. The molecule has 3 rings (SSSR count). The van der Waals surface area contributed by atoms with Crippen molar-refractivity contribution in [3.8, 4) is 22.5 Å². The average molecular weight is 300 g/mol. The minimum absolute atomic E-state index is 0.292. The van der Waals surface area contributed by atoms with Crippen LogP contribution in [0.1, 0.15) is 5.82 Å². The molecule has 1 aromatic heterocycles. The number of halogens is 2. The highest BCUT2D eigenvalue weighted by atomic mass is 35.5. The molecule has 1 heterocycles. The van der Waals surface area contributed by atoms with E-state index in [4.69, 9.17) is 11.6 Å². The molecule has 0 aliphatic carbocycles. The lowest BCUT2D eigenvalue weighted by Crippen LogP contribution is -1.99. The Morgan fingerprint density at radius 2 is 1.38 bits per heavy atom. The van der Waals surface area contributed by atoms with E-state index in [9.17, 15) is 4.39 Å². The van der Waals surface area contributed by atoms with E-state index in [1.165, 1.54) is 12.1 Å². The highest BCUT2D eigenvalue weighted by Gasteiger charge is 2.12. The fraction of sp³-hybridized carbons (Fsp3) is 0.0625. The van der Waals surface area contributed by atoms with E-state index in [0.717, 1.165) is 11.1 Å². The van der Waals surface area contributed by atoms with Gasteiger partial charge in [0.1, 0.15) is 23.0 Å². The second kappa shape index (κ2) is 5.58. The van der Waals surface area contributed by atoms with Crippen LogP contribution in [0.25, 0.3) is 22.5 Å². The quantitative estimate of drug-likeness (QED) is 0.708. The molecule has 0 fully saturated rings. The zero-order valence-corrected chi connectivity index (χ0v) is 12.0. The van der Waals surface area contributed by atoms with E-state index in [1.807, 2.05) is 12.1 Å². The molecule has 2 aromatic carbocycles. The van der Waals surface area contributed by atoms with Gasteiger partial charge in [-0.25, -0.2) is 9.37 Å². The van der Waals surface area contributed by atoms with Gasteiger partial charge in [-0.15, -0.1) is 10.2 Å². The largest absolute Gasteiger partial charge is 0.229 e. The summed E-state index contributed by atoms with van der Waals surface area (Å²) >= 11 is 5.91. The fourth-order valence-corrected chi connectivity index (χ4v) is 2.14. The summed E-state index contributed by atoms with van der Waals surface area (Å²) < 4.78 is 13.1. The van der Waals surface area contributed by atoms with Crippen LogP contribution in [0.5, 0.6) is 0 Å². The van der Waals surface area contributed by atoms with Crippen molar-refractivity contribution in [3.05, 3.63) is 65.2 Å². The SMILES string of the molecule is Cc1nnc(-c2ccc(F)cc2)c(-c2ccc(Cl)cc2)n1. The monoisotopic (exact) mass is 299 g/mol. The smallest absolute Gasteiger partial charge is 0.148 e. The van der Waals surface area contributed by atoms with Crippen LogP contribution in [0.15, 0.2) is 48.5 Å². The van der Waals surface area contributed by atoms with Crippen LogP contribution in [-0.4, -0.2) is 15.2 Å². The number of hydrogen-bond donors (Lipinski definition) is 0. The van der Waals surface area contributed by atoms with Crippen LogP contribution >= 0.6 is 11.6 Å². The predicted molar refractivity (Wildman–Crippen MR) is 80.4 cm³/mol. The summed E-state index contributed by atoms with van der Waals surface area (Å²) in [5, 5.41) is 8.86. The molecular formula is C16H11ClFN3. The Bertz CT molecular complexity index is 771. The third kappa shape index (κ3) is 2.90. The zero-order chi connectivity index (χ0) is 14.8. The molecule has 3 nitrogen and oxygen atoms in total. The van der Waals surface area contributed by atoms with Crippen LogP contribution in [0, 0.1) is 12.7 Å². The summed E-state index contributed by atoms with van der Waals surface area (Å²) in [7, 11) is 0. The molecule has 0 spiro atoms. The molecule has 0 bridgehead atoms. The first kappa shape index (κ1) is 13.6. The Labute approximate surface area is 126 Å². The Morgan fingerprint density at radius 3 is 2.05 bits per heavy atom. The van der Waals surface area contributed by atoms with Gasteiger partial charge in [-0.05, 0) is 43.3 Å². The molecule has 0 N–H and O–H groups in total. The third-order valence-corrected chi connectivity index (χ3v) is 3.28. The highest BCUT2D eigenvalue weighted by molar-refractivity contribution is 6.30. The topological polar surface area (TPSA) is 38.7 Å². The van der Waals surface area contributed by atoms with E-state index in [1.54, 1.807) is 31.2 Å². The van der Waals surface area contributed by atoms with Crippen molar-refractivity contribution in [2.75, 3.05) is 0 Å². The van der Waals surface area contributed by atoms with Gasteiger partial charge in [0, 0.05) is 16.1 Å². The molecule has 21 heavy (non-hydrogen) atoms. The van der Waals surface area contributed by atoms with Gasteiger partial charge < -0.3 is 0 Å². The van der Waals surface area contributed by atoms with Crippen molar-refractivity contribution in [3.63, 3.8) is 0 Å². The van der Waals surface area contributed by atoms with E-state index in [-0.39, 0.29) is 5.82 Å². The Hall–Kier alpha value is -2.33. The lowest BCUT2D eigenvalue weighted by Gasteiger charge is -2.08. The van der Waals surface area contributed by atoms with Crippen LogP contribution in [0.4, 0.5) is 4.39 Å². The van der Waals surface area contributed by atoms with Gasteiger partial charge in [-0.2, -0.15) is 0 Å². The first-order valence-electron chi connectivity index (χ1n) is 6.37. The molecule has 5 heteroatoms. The summed E-state index contributed by atoms with van der Waals surface area (Å²) in [6.45, 7) is 1.78. The molecule has 3 aromatic rings. The second-order valence-corrected chi connectivity index (χ2v) is 5.01. The molecule has 104 valence electrons. The van der Waals surface area contributed by atoms with Crippen molar-refractivity contribution in [1.82, 2.24) is 15.2 Å². The first-order chi connectivity index (χ1) is 10.1. The molecule has 0 radical (unpaired) electrons. The highest BCUT2D eigenvalue weighted by Crippen LogP contribution is 2.29. The van der Waals surface area contributed by atoms with Crippen molar-refractivity contribution in [2.24, 2.45) is 0 Å². The summed E-state index contributed by atoms with van der Waals surface area (Å²) in [6.07, 6.45) is 0. The summed E-state index contributed by atoms with van der Waals surface area (Å²) in [5.74, 6) is 0.283. The van der Waals surface area contributed by atoms with Crippen LogP contribution in [0.2, 0.25) is 5.02 Å². The van der Waals surface area contributed by atoms with Gasteiger partial charge in [0.05, 0.1) is 0 Å². The maximum atomic E-state index is 13.1. The molecular weight excluding hydrogens is 289 g/mol. The summed E-state index contributed by atoms with van der Waals surface area (Å²) in [6, 6.07) is 13.4. The van der Waals surface area contributed by atoms with E-state index >= 15 is 0 Å². The maximum Gasteiger partial charge on any atom is 0.148 e. The summed E-state index contributed by atoms with van der Waals surface area (Å²) in [5.41, 5.74) is 2.96. The van der Waals surface area contributed by atoms with Gasteiger partial charge in [-0.1, -0.05) is 23.7 Å². The van der Waals surface area contributed by atoms with Crippen LogP contribution in [0.3, 0.4) is 0 Å². The van der Waals surface area contributed by atoms with Crippen molar-refractivity contribution in [2.45, 2.75) is 6.92 Å². The third-order valence-electron chi connectivity index (χ3n) is 3.03. The lowest BCUT2D eigenvalue weighted by molar-refractivity contribution is 0.628. The molecule has 0 unspecified atom stereocenters. The van der Waals surface area contributed by atoms with Crippen LogP contribution in [-0.2, 0) is 0 Å². The van der Waals surface area contributed by atoms with Gasteiger partial charge in [0.25, 0.3) is 0 Å². The minimum Gasteiger partial charge on any atom is -0.229 e. The standard InChI is InChI=1S/C16H11ClFN3/c1-10-19-15(11-2-6-13(17)7-3-11)16(21-20-10)12-4-8-14(18)9-5-12/h2-9H,1H3. The minimum atomic E-state index is -0.292. The van der Waals surface area contributed by atoms with Gasteiger partial charge in [-0.3, -0.25) is 0 Å². The predicted octanol–water partition coefficient (Wildman–Crippen LogP) is 4.31. The zero-order valence-electron chi connectivity index (χ0n) is 11.2. The van der Waals surface area contributed by atoms with Gasteiger partial charge >= 0.3 is 0 Å². The van der Waals surface area contributed by atoms with Gasteiger partial charge in [0.2, 0.25) is 0 Å².